The lowest BCUT2D eigenvalue weighted by Gasteiger charge is -2.41. The second kappa shape index (κ2) is 13.6. The summed E-state index contributed by atoms with van der Waals surface area (Å²) in [5.74, 6) is -3.82. The van der Waals surface area contributed by atoms with Crippen LogP contribution in [0.1, 0.15) is 50.2 Å². The molecule has 1 aliphatic heterocycles. The van der Waals surface area contributed by atoms with E-state index >= 15 is 0 Å². The Labute approximate surface area is 240 Å². The zero-order chi connectivity index (χ0) is 30.4. The number of carbonyl (C=O) groups excluding carboxylic acids is 4. The third kappa shape index (κ3) is 7.02. The molecule has 0 aliphatic carbocycles. The van der Waals surface area contributed by atoms with Gasteiger partial charge in [0.2, 0.25) is 17.7 Å². The molecule has 11 nitrogen and oxygen atoms in total. The standard InChI is InChI=1S/C30H41N5O6/c1-7-17(2)25-30(41)34(5)19(4)23(33-28(39)24-22(36)14-11-15-31-24)27(38)32-21(16-20-12-9-8-10-13-20)26(37)18(3)29(40)35(25)6/h8-15,17-19,21,23,25-26,36-37H,7,16H2,1-6H3,(H,32,38)(H,33,39)/t17?,18-,19-,21+,23+,25?,26+/m1/s1. The summed E-state index contributed by atoms with van der Waals surface area (Å²) in [5.41, 5.74) is 0.554. The molecule has 0 saturated carbocycles. The molecule has 1 aromatic carbocycles. The summed E-state index contributed by atoms with van der Waals surface area (Å²) < 4.78 is 0. The Kier molecular flexibility index (Phi) is 10.4. The first kappa shape index (κ1) is 31.5. The number of amides is 4. The lowest BCUT2D eigenvalue weighted by molar-refractivity contribution is -0.153. The van der Waals surface area contributed by atoms with Crippen LogP contribution >= 0.6 is 0 Å². The summed E-state index contributed by atoms with van der Waals surface area (Å²) in [6.07, 6.45) is 0.856. The predicted octanol–water partition coefficient (Wildman–Crippen LogP) is 1.34. The van der Waals surface area contributed by atoms with E-state index in [1.54, 1.807) is 20.9 Å². The van der Waals surface area contributed by atoms with Gasteiger partial charge in [0.15, 0.2) is 5.69 Å². The van der Waals surface area contributed by atoms with Crippen LogP contribution in [0.15, 0.2) is 48.7 Å². The Morgan fingerprint density at radius 3 is 2.32 bits per heavy atom. The summed E-state index contributed by atoms with van der Waals surface area (Å²) in [5, 5.41) is 27.1. The molecule has 1 saturated heterocycles. The van der Waals surface area contributed by atoms with Gasteiger partial charge in [0, 0.05) is 20.3 Å². The third-order valence-electron chi connectivity index (χ3n) is 8.15. The van der Waals surface area contributed by atoms with Gasteiger partial charge in [0.1, 0.15) is 17.8 Å². The minimum atomic E-state index is -1.30. The van der Waals surface area contributed by atoms with Crippen molar-refractivity contribution in [1.29, 1.82) is 0 Å². The van der Waals surface area contributed by atoms with Crippen LogP contribution in [-0.2, 0) is 20.8 Å². The van der Waals surface area contributed by atoms with Gasteiger partial charge in [0.05, 0.1) is 24.1 Å². The van der Waals surface area contributed by atoms with E-state index in [-0.39, 0.29) is 23.8 Å². The number of benzene rings is 1. The van der Waals surface area contributed by atoms with Crippen molar-refractivity contribution in [3.05, 3.63) is 59.9 Å². The first-order chi connectivity index (χ1) is 19.4. The largest absolute Gasteiger partial charge is 0.505 e. The molecule has 0 bridgehead atoms. The molecule has 2 heterocycles. The van der Waals surface area contributed by atoms with Gasteiger partial charge in [-0.2, -0.15) is 0 Å². The lowest BCUT2D eigenvalue weighted by Crippen LogP contribution is -2.64. The third-order valence-corrected chi connectivity index (χ3v) is 8.15. The Morgan fingerprint density at radius 2 is 1.71 bits per heavy atom. The topological polar surface area (TPSA) is 152 Å². The highest BCUT2D eigenvalue weighted by Gasteiger charge is 2.43. The first-order valence-corrected chi connectivity index (χ1v) is 13.9. The molecule has 0 radical (unpaired) electrons. The molecule has 4 N–H and O–H groups in total. The van der Waals surface area contributed by atoms with Crippen LogP contribution in [-0.4, -0.2) is 93.0 Å². The number of aliphatic hydroxyl groups excluding tert-OH is 1. The van der Waals surface area contributed by atoms with Gasteiger partial charge in [-0.1, -0.05) is 57.5 Å². The highest BCUT2D eigenvalue weighted by Crippen LogP contribution is 2.24. The summed E-state index contributed by atoms with van der Waals surface area (Å²) in [7, 11) is 3.08. The van der Waals surface area contributed by atoms with Crippen molar-refractivity contribution >= 4 is 23.6 Å². The molecular weight excluding hydrogens is 526 g/mol. The molecule has 1 aliphatic rings. The zero-order valence-corrected chi connectivity index (χ0v) is 24.4. The number of nitrogens with zero attached hydrogens (tertiary/aromatic N) is 3. The van der Waals surface area contributed by atoms with Crippen LogP contribution in [0.4, 0.5) is 0 Å². The fourth-order valence-corrected chi connectivity index (χ4v) is 5.18. The van der Waals surface area contributed by atoms with E-state index in [4.69, 9.17) is 0 Å². The van der Waals surface area contributed by atoms with E-state index in [0.29, 0.717) is 6.42 Å². The summed E-state index contributed by atoms with van der Waals surface area (Å²) in [6.45, 7) is 6.98. The van der Waals surface area contributed by atoms with Gasteiger partial charge in [0.25, 0.3) is 5.91 Å². The molecule has 2 aromatic rings. The second-order valence-electron chi connectivity index (χ2n) is 10.9. The second-order valence-corrected chi connectivity index (χ2v) is 10.9. The molecule has 1 fully saturated rings. The number of aromatic hydroxyl groups is 1. The Bertz CT molecular complexity index is 1240. The number of hydrogen-bond donors (Lipinski definition) is 4. The van der Waals surface area contributed by atoms with Crippen molar-refractivity contribution in [3.8, 4) is 5.75 Å². The van der Waals surface area contributed by atoms with Gasteiger partial charge in [-0.3, -0.25) is 19.2 Å². The molecule has 11 heteroatoms. The van der Waals surface area contributed by atoms with Crippen molar-refractivity contribution in [2.24, 2.45) is 11.8 Å². The van der Waals surface area contributed by atoms with E-state index < -0.39 is 59.8 Å². The van der Waals surface area contributed by atoms with Crippen LogP contribution in [0.25, 0.3) is 0 Å². The average Bonchev–Trinajstić information content (AvgIpc) is 2.97. The minimum Gasteiger partial charge on any atom is -0.505 e. The summed E-state index contributed by atoms with van der Waals surface area (Å²) in [6, 6.07) is 8.09. The molecular formula is C30H41N5O6. The maximum absolute atomic E-state index is 13.9. The number of hydrogen-bond acceptors (Lipinski definition) is 7. The molecule has 4 amide bonds. The summed E-state index contributed by atoms with van der Waals surface area (Å²) >= 11 is 0. The van der Waals surface area contributed by atoms with Crippen molar-refractivity contribution in [1.82, 2.24) is 25.4 Å². The summed E-state index contributed by atoms with van der Waals surface area (Å²) in [4.78, 5) is 61.2. The number of aliphatic hydroxyl groups is 1. The number of carbonyl (C=O) groups is 4. The van der Waals surface area contributed by atoms with E-state index in [1.807, 2.05) is 44.2 Å². The number of aromatic nitrogens is 1. The highest BCUT2D eigenvalue weighted by molar-refractivity contribution is 5.98. The number of rotatable bonds is 6. The molecule has 1 aromatic heterocycles. The maximum Gasteiger partial charge on any atom is 0.274 e. The van der Waals surface area contributed by atoms with Crippen LogP contribution in [0.2, 0.25) is 0 Å². The van der Waals surface area contributed by atoms with E-state index in [1.165, 1.54) is 35.2 Å². The van der Waals surface area contributed by atoms with Gasteiger partial charge < -0.3 is 30.6 Å². The molecule has 2 unspecified atom stereocenters. The smallest absolute Gasteiger partial charge is 0.274 e. The normalized spacial score (nSPS) is 27.0. The lowest BCUT2D eigenvalue weighted by atomic mass is 9.89. The monoisotopic (exact) mass is 567 g/mol. The molecule has 0 spiro atoms. The van der Waals surface area contributed by atoms with Crippen molar-refractivity contribution in [2.45, 2.75) is 70.8 Å². The number of likely N-dealkylation sites (N-methyl/N-ethyl adjacent to an activating group) is 2. The van der Waals surface area contributed by atoms with Gasteiger partial charge in [-0.25, -0.2) is 4.98 Å². The van der Waals surface area contributed by atoms with E-state index in [0.717, 1.165) is 5.56 Å². The minimum absolute atomic E-state index is 0.217. The maximum atomic E-state index is 13.9. The number of pyridine rings is 1. The van der Waals surface area contributed by atoms with Crippen LogP contribution < -0.4 is 10.6 Å². The number of nitrogens with one attached hydrogen (secondary N) is 2. The van der Waals surface area contributed by atoms with E-state index in [2.05, 4.69) is 15.6 Å². The fraction of sp³-hybridized carbons (Fsp3) is 0.500. The van der Waals surface area contributed by atoms with E-state index in [9.17, 15) is 29.4 Å². The van der Waals surface area contributed by atoms with Gasteiger partial charge >= 0.3 is 0 Å². The molecule has 222 valence electrons. The van der Waals surface area contributed by atoms with Crippen LogP contribution in [0.5, 0.6) is 5.75 Å². The SMILES string of the molecule is CCC(C)C1C(=O)N(C)[C@H](C)[C@H](NC(=O)c2ncccc2O)C(=O)N[C@@H](Cc2ccccc2)[C@@H](O)[C@@H](C)C(=O)N1C. The molecule has 7 atom stereocenters. The average molecular weight is 568 g/mol. The predicted molar refractivity (Wildman–Crippen MR) is 153 cm³/mol. The van der Waals surface area contributed by atoms with Crippen molar-refractivity contribution in [3.63, 3.8) is 0 Å². The Hall–Kier alpha value is -3.99. The van der Waals surface area contributed by atoms with Crippen LogP contribution in [0, 0.1) is 11.8 Å². The Morgan fingerprint density at radius 1 is 1.05 bits per heavy atom. The van der Waals surface area contributed by atoms with Crippen LogP contribution in [0.3, 0.4) is 0 Å². The highest BCUT2D eigenvalue weighted by atomic mass is 16.3. The molecule has 3 rings (SSSR count). The van der Waals surface area contributed by atoms with Crippen molar-refractivity contribution < 1.29 is 29.4 Å². The van der Waals surface area contributed by atoms with Gasteiger partial charge in [-0.15, -0.1) is 0 Å². The quantitative estimate of drug-likeness (QED) is 0.411. The van der Waals surface area contributed by atoms with Gasteiger partial charge in [-0.05, 0) is 37.0 Å². The fourth-order valence-electron chi connectivity index (χ4n) is 5.18. The zero-order valence-electron chi connectivity index (χ0n) is 24.4. The first-order valence-electron chi connectivity index (χ1n) is 13.9. The van der Waals surface area contributed by atoms with Crippen molar-refractivity contribution in [2.75, 3.05) is 14.1 Å². The Balaban J connectivity index is 2.09. The molecule has 41 heavy (non-hydrogen) atoms.